The van der Waals surface area contributed by atoms with E-state index >= 15 is 0 Å². The number of benzene rings is 1. The average Bonchev–Trinajstić information content (AvgIpc) is 2.37. The van der Waals surface area contributed by atoms with Gasteiger partial charge in [-0.15, -0.1) is 0 Å². The summed E-state index contributed by atoms with van der Waals surface area (Å²) in [6, 6.07) is 9.57. The van der Waals surface area contributed by atoms with E-state index in [1.807, 2.05) is 37.3 Å². The van der Waals surface area contributed by atoms with Crippen molar-refractivity contribution in [3.8, 4) is 5.75 Å². The molecule has 1 N–H and O–H groups in total. The van der Waals surface area contributed by atoms with E-state index in [4.69, 9.17) is 16.3 Å². The topological polar surface area (TPSA) is 34.1 Å². The Bertz CT molecular complexity index is 543. The van der Waals surface area contributed by atoms with Crippen LogP contribution in [0.15, 0.2) is 36.5 Å². The lowest BCUT2D eigenvalue weighted by Gasteiger charge is -2.11. The minimum Gasteiger partial charge on any atom is -0.496 e. The number of ether oxygens (including phenoxy) is 1. The minimum absolute atomic E-state index is 0.583. The van der Waals surface area contributed by atoms with E-state index in [0.29, 0.717) is 11.6 Å². The summed E-state index contributed by atoms with van der Waals surface area (Å²) >= 11 is 6.17. The molecule has 94 valence electrons. The molecular weight excluding hydrogens is 248 g/mol. The maximum atomic E-state index is 6.17. The Hall–Kier alpha value is -1.74. The van der Waals surface area contributed by atoms with Gasteiger partial charge in [-0.25, -0.2) is 4.98 Å². The molecule has 0 aliphatic heterocycles. The van der Waals surface area contributed by atoms with Crippen LogP contribution in [0.2, 0.25) is 5.02 Å². The Labute approximate surface area is 112 Å². The van der Waals surface area contributed by atoms with Crippen molar-refractivity contribution in [1.29, 1.82) is 0 Å². The first-order valence-corrected chi connectivity index (χ1v) is 6.06. The van der Waals surface area contributed by atoms with Gasteiger partial charge in [-0.3, -0.25) is 0 Å². The summed E-state index contributed by atoms with van der Waals surface area (Å²) in [5.41, 5.74) is 2.10. The van der Waals surface area contributed by atoms with Crippen LogP contribution in [-0.4, -0.2) is 12.1 Å². The van der Waals surface area contributed by atoms with Crippen molar-refractivity contribution in [3.63, 3.8) is 0 Å². The van der Waals surface area contributed by atoms with Crippen LogP contribution in [0.25, 0.3) is 0 Å². The summed E-state index contributed by atoms with van der Waals surface area (Å²) < 4.78 is 5.29. The maximum absolute atomic E-state index is 6.17. The van der Waals surface area contributed by atoms with Gasteiger partial charge in [0.15, 0.2) is 0 Å². The standard InChI is InChI=1S/C14H15ClN2O/c1-10-6-7-16-14(8-10)17-9-11-12(15)4-3-5-13(11)18-2/h3-8H,9H2,1-2H3,(H,16,17). The number of aromatic nitrogens is 1. The molecule has 0 aliphatic carbocycles. The highest BCUT2D eigenvalue weighted by atomic mass is 35.5. The molecule has 2 aromatic rings. The molecule has 18 heavy (non-hydrogen) atoms. The Morgan fingerprint density at radius 1 is 1.33 bits per heavy atom. The second-order valence-corrected chi connectivity index (χ2v) is 4.40. The normalized spacial score (nSPS) is 10.2. The van der Waals surface area contributed by atoms with E-state index in [2.05, 4.69) is 10.3 Å². The van der Waals surface area contributed by atoms with Crippen LogP contribution in [0.1, 0.15) is 11.1 Å². The fourth-order valence-corrected chi connectivity index (χ4v) is 1.95. The molecule has 0 fully saturated rings. The first-order chi connectivity index (χ1) is 8.70. The second kappa shape index (κ2) is 5.74. The zero-order chi connectivity index (χ0) is 13.0. The lowest BCUT2D eigenvalue weighted by atomic mass is 10.2. The van der Waals surface area contributed by atoms with E-state index in [0.717, 1.165) is 17.1 Å². The lowest BCUT2D eigenvalue weighted by molar-refractivity contribution is 0.410. The van der Waals surface area contributed by atoms with E-state index in [-0.39, 0.29) is 0 Å². The van der Waals surface area contributed by atoms with Gasteiger partial charge >= 0.3 is 0 Å². The van der Waals surface area contributed by atoms with Gasteiger partial charge in [0.2, 0.25) is 0 Å². The molecule has 1 aromatic carbocycles. The van der Waals surface area contributed by atoms with Crippen molar-refractivity contribution in [2.45, 2.75) is 13.5 Å². The van der Waals surface area contributed by atoms with Crippen LogP contribution in [-0.2, 0) is 6.54 Å². The molecule has 0 radical (unpaired) electrons. The number of pyridine rings is 1. The molecule has 4 heteroatoms. The number of nitrogens with zero attached hydrogens (tertiary/aromatic N) is 1. The average molecular weight is 263 g/mol. The van der Waals surface area contributed by atoms with Gasteiger partial charge in [0.1, 0.15) is 11.6 Å². The Balaban J connectivity index is 2.15. The molecule has 0 amide bonds. The number of nitrogens with one attached hydrogen (secondary N) is 1. The number of hydrogen-bond donors (Lipinski definition) is 1. The molecule has 0 spiro atoms. The van der Waals surface area contributed by atoms with Crippen molar-refractivity contribution in [2.75, 3.05) is 12.4 Å². The van der Waals surface area contributed by atoms with Crippen LogP contribution < -0.4 is 10.1 Å². The summed E-state index contributed by atoms with van der Waals surface area (Å²) in [5, 5.41) is 3.93. The molecule has 1 aromatic heterocycles. The van der Waals surface area contributed by atoms with E-state index < -0.39 is 0 Å². The van der Waals surface area contributed by atoms with E-state index in [1.54, 1.807) is 13.3 Å². The monoisotopic (exact) mass is 262 g/mol. The molecular formula is C14H15ClN2O. The highest BCUT2D eigenvalue weighted by Gasteiger charge is 2.07. The third-order valence-corrected chi connectivity index (χ3v) is 3.01. The Morgan fingerprint density at radius 3 is 2.89 bits per heavy atom. The van der Waals surface area contributed by atoms with Crippen molar-refractivity contribution in [3.05, 3.63) is 52.7 Å². The van der Waals surface area contributed by atoms with Crippen molar-refractivity contribution in [2.24, 2.45) is 0 Å². The highest BCUT2D eigenvalue weighted by molar-refractivity contribution is 6.31. The zero-order valence-electron chi connectivity index (χ0n) is 10.4. The van der Waals surface area contributed by atoms with Crippen LogP contribution in [0.5, 0.6) is 5.75 Å². The van der Waals surface area contributed by atoms with Crippen LogP contribution in [0, 0.1) is 6.92 Å². The quantitative estimate of drug-likeness (QED) is 0.913. The first kappa shape index (κ1) is 12.7. The van der Waals surface area contributed by atoms with Gasteiger partial charge in [-0.1, -0.05) is 17.7 Å². The van der Waals surface area contributed by atoms with Gasteiger partial charge in [-0.05, 0) is 36.8 Å². The molecule has 3 nitrogen and oxygen atoms in total. The van der Waals surface area contributed by atoms with Crippen LogP contribution in [0.4, 0.5) is 5.82 Å². The van der Waals surface area contributed by atoms with E-state index in [9.17, 15) is 0 Å². The van der Waals surface area contributed by atoms with Crippen molar-refractivity contribution in [1.82, 2.24) is 4.98 Å². The van der Waals surface area contributed by atoms with Gasteiger partial charge in [0, 0.05) is 23.3 Å². The second-order valence-electron chi connectivity index (χ2n) is 3.99. The summed E-state index contributed by atoms with van der Waals surface area (Å²) in [7, 11) is 1.64. The van der Waals surface area contributed by atoms with Crippen molar-refractivity contribution >= 4 is 17.4 Å². The minimum atomic E-state index is 0.583. The predicted octanol–water partition coefficient (Wildman–Crippen LogP) is 3.66. The summed E-state index contributed by atoms with van der Waals surface area (Å²) in [5.74, 6) is 1.61. The summed E-state index contributed by atoms with van der Waals surface area (Å²) in [6.45, 7) is 2.61. The highest BCUT2D eigenvalue weighted by Crippen LogP contribution is 2.26. The van der Waals surface area contributed by atoms with Crippen LogP contribution in [0.3, 0.4) is 0 Å². The smallest absolute Gasteiger partial charge is 0.126 e. The third kappa shape index (κ3) is 2.93. The number of aryl methyl sites for hydroxylation is 1. The molecule has 0 saturated heterocycles. The summed E-state index contributed by atoms with van der Waals surface area (Å²) in [6.07, 6.45) is 1.78. The largest absolute Gasteiger partial charge is 0.496 e. The SMILES string of the molecule is COc1cccc(Cl)c1CNc1cc(C)ccn1. The predicted molar refractivity (Wildman–Crippen MR) is 74.3 cm³/mol. The number of hydrogen-bond acceptors (Lipinski definition) is 3. The van der Waals surface area contributed by atoms with Gasteiger partial charge in [0.05, 0.1) is 7.11 Å². The lowest BCUT2D eigenvalue weighted by Crippen LogP contribution is -2.04. The number of rotatable bonds is 4. The van der Waals surface area contributed by atoms with E-state index in [1.165, 1.54) is 5.56 Å². The van der Waals surface area contributed by atoms with Gasteiger partial charge in [0.25, 0.3) is 0 Å². The number of anilines is 1. The Morgan fingerprint density at radius 2 is 2.17 bits per heavy atom. The molecule has 0 saturated carbocycles. The fraction of sp³-hybridized carbons (Fsp3) is 0.214. The molecule has 0 aliphatic rings. The zero-order valence-corrected chi connectivity index (χ0v) is 11.2. The summed E-state index contributed by atoms with van der Waals surface area (Å²) in [4.78, 5) is 4.24. The van der Waals surface area contributed by atoms with Crippen molar-refractivity contribution < 1.29 is 4.74 Å². The van der Waals surface area contributed by atoms with Gasteiger partial charge in [-0.2, -0.15) is 0 Å². The number of halogens is 1. The maximum Gasteiger partial charge on any atom is 0.126 e. The molecule has 0 bridgehead atoms. The first-order valence-electron chi connectivity index (χ1n) is 5.68. The molecule has 2 rings (SSSR count). The van der Waals surface area contributed by atoms with Gasteiger partial charge < -0.3 is 10.1 Å². The fourth-order valence-electron chi connectivity index (χ4n) is 1.71. The Kier molecular flexibility index (Phi) is 4.05. The third-order valence-electron chi connectivity index (χ3n) is 2.66. The van der Waals surface area contributed by atoms with Crippen LogP contribution >= 0.6 is 11.6 Å². The molecule has 0 atom stereocenters. The molecule has 1 heterocycles. The number of methoxy groups -OCH3 is 1. The molecule has 0 unspecified atom stereocenters.